The molecule has 3 rings (SSSR count). The van der Waals surface area contributed by atoms with Crippen LogP contribution in [-0.4, -0.2) is 21.9 Å². The van der Waals surface area contributed by atoms with Crippen molar-refractivity contribution >= 4 is 50.0 Å². The number of aromatic amines is 1. The maximum Gasteiger partial charge on any atom is 0.295 e. The van der Waals surface area contributed by atoms with Crippen LogP contribution >= 0.6 is 15.9 Å². The van der Waals surface area contributed by atoms with Crippen LogP contribution in [0.1, 0.15) is 29.3 Å². The summed E-state index contributed by atoms with van der Waals surface area (Å²) in [6.45, 7) is 3.67. The number of aromatic hydroxyl groups is 1. The highest BCUT2D eigenvalue weighted by Crippen LogP contribution is 2.37. The molecule has 8 heteroatoms. The zero-order valence-electron chi connectivity index (χ0n) is 14.7. The number of aryl methyl sites for hydroxylation is 1. The van der Waals surface area contributed by atoms with E-state index < -0.39 is 5.91 Å². The Morgan fingerprint density at radius 3 is 2.59 bits per heavy atom. The molecule has 1 aromatic heterocycles. The Hall–Kier alpha value is -3.00. The van der Waals surface area contributed by atoms with Crippen LogP contribution < -0.4 is 5.32 Å². The standard InChI is InChI=1S/C19H17BrN4O3/c1-3-16(25)21-12-6-4-11(5-7-12)18(26)24-23-17-13-8-10(2)14(20)9-15(13)22-19(17)27/h4-9,22,27H,3H2,1-2H3,(H,21,25). The third-order valence-electron chi connectivity index (χ3n) is 4.01. The van der Waals surface area contributed by atoms with Gasteiger partial charge in [-0.05, 0) is 48.9 Å². The summed E-state index contributed by atoms with van der Waals surface area (Å²) in [5, 5.41) is 21.1. The second-order valence-corrected chi connectivity index (χ2v) is 6.81. The molecule has 0 radical (unpaired) electrons. The molecule has 0 aliphatic carbocycles. The summed E-state index contributed by atoms with van der Waals surface area (Å²) in [5.41, 5.74) is 2.79. The molecular formula is C19H17BrN4O3. The Bertz CT molecular complexity index is 1050. The number of nitrogens with zero attached hydrogens (tertiary/aromatic N) is 2. The molecule has 0 saturated heterocycles. The number of anilines is 1. The van der Waals surface area contributed by atoms with Crippen LogP contribution in [-0.2, 0) is 4.79 Å². The molecule has 1 heterocycles. The number of H-pyrrole nitrogens is 1. The van der Waals surface area contributed by atoms with Crippen molar-refractivity contribution in [3.05, 3.63) is 52.0 Å². The number of amides is 2. The van der Waals surface area contributed by atoms with Gasteiger partial charge >= 0.3 is 0 Å². The number of rotatable bonds is 4. The highest BCUT2D eigenvalue weighted by Gasteiger charge is 2.13. The molecule has 0 unspecified atom stereocenters. The van der Waals surface area contributed by atoms with Gasteiger partial charge in [0.1, 0.15) is 0 Å². The number of azo groups is 1. The summed E-state index contributed by atoms with van der Waals surface area (Å²) >= 11 is 3.43. The van der Waals surface area contributed by atoms with Crippen LogP contribution in [0.2, 0.25) is 0 Å². The van der Waals surface area contributed by atoms with Crippen LogP contribution in [0.5, 0.6) is 5.88 Å². The van der Waals surface area contributed by atoms with Crippen LogP contribution in [0.25, 0.3) is 10.9 Å². The van der Waals surface area contributed by atoms with Crippen LogP contribution in [0.15, 0.2) is 51.1 Å². The molecule has 0 bridgehead atoms. The van der Waals surface area contributed by atoms with Gasteiger partial charge in [0.2, 0.25) is 11.8 Å². The number of carbonyl (C=O) groups excluding carboxylic acids is 2. The van der Waals surface area contributed by atoms with Gasteiger partial charge < -0.3 is 15.4 Å². The zero-order valence-corrected chi connectivity index (χ0v) is 16.3. The van der Waals surface area contributed by atoms with Crippen LogP contribution in [0.4, 0.5) is 11.4 Å². The van der Waals surface area contributed by atoms with Crippen molar-refractivity contribution in [3.8, 4) is 5.88 Å². The summed E-state index contributed by atoms with van der Waals surface area (Å²) in [7, 11) is 0. The van der Waals surface area contributed by atoms with Gasteiger partial charge in [0.25, 0.3) is 5.91 Å². The number of halogens is 1. The highest BCUT2D eigenvalue weighted by molar-refractivity contribution is 9.10. The zero-order chi connectivity index (χ0) is 19.6. The average molecular weight is 429 g/mol. The molecule has 0 aliphatic rings. The first-order valence-corrected chi connectivity index (χ1v) is 9.05. The van der Waals surface area contributed by atoms with Gasteiger partial charge in [-0.2, -0.15) is 0 Å². The second-order valence-electron chi connectivity index (χ2n) is 5.95. The molecule has 0 fully saturated rings. The summed E-state index contributed by atoms with van der Waals surface area (Å²) in [6, 6.07) is 10.0. The predicted octanol–water partition coefficient (Wildman–Crippen LogP) is 5.22. The largest absolute Gasteiger partial charge is 0.493 e. The molecular weight excluding hydrogens is 412 g/mol. The number of aromatic nitrogens is 1. The van der Waals surface area contributed by atoms with Gasteiger partial charge in [-0.25, -0.2) is 0 Å². The fraction of sp³-hybridized carbons (Fsp3) is 0.158. The molecule has 27 heavy (non-hydrogen) atoms. The van der Waals surface area contributed by atoms with Gasteiger partial charge in [-0.15, -0.1) is 10.2 Å². The summed E-state index contributed by atoms with van der Waals surface area (Å²) < 4.78 is 0.895. The molecule has 138 valence electrons. The lowest BCUT2D eigenvalue weighted by Crippen LogP contribution is -2.09. The SMILES string of the molecule is CCC(=O)Nc1ccc(C(=O)N=Nc2c(O)[nH]c3cc(Br)c(C)cc23)cc1. The first-order chi connectivity index (χ1) is 12.9. The Morgan fingerprint density at radius 2 is 1.93 bits per heavy atom. The molecule has 0 saturated carbocycles. The fourth-order valence-electron chi connectivity index (χ4n) is 2.50. The van der Waals surface area contributed by atoms with Gasteiger partial charge in [0.05, 0.1) is 5.52 Å². The third-order valence-corrected chi connectivity index (χ3v) is 4.86. The Kier molecular flexibility index (Phi) is 5.36. The monoisotopic (exact) mass is 428 g/mol. The Labute approximate surface area is 163 Å². The number of fused-ring (bicyclic) bond motifs is 1. The Morgan fingerprint density at radius 1 is 1.22 bits per heavy atom. The lowest BCUT2D eigenvalue weighted by molar-refractivity contribution is -0.115. The smallest absolute Gasteiger partial charge is 0.295 e. The van der Waals surface area contributed by atoms with Crippen molar-refractivity contribution in [2.45, 2.75) is 20.3 Å². The first kappa shape index (κ1) is 18.8. The van der Waals surface area contributed by atoms with E-state index in [0.29, 0.717) is 28.6 Å². The number of hydrogen-bond acceptors (Lipinski definition) is 4. The summed E-state index contributed by atoms with van der Waals surface area (Å²) in [4.78, 5) is 26.4. The normalized spacial score (nSPS) is 11.2. The number of benzene rings is 2. The lowest BCUT2D eigenvalue weighted by Gasteiger charge is -2.03. The minimum atomic E-state index is -0.550. The molecule has 7 nitrogen and oxygen atoms in total. The quantitative estimate of drug-likeness (QED) is 0.495. The van der Waals surface area contributed by atoms with Gasteiger partial charge in [0.15, 0.2) is 5.69 Å². The van der Waals surface area contributed by atoms with Crippen molar-refractivity contribution in [2.75, 3.05) is 5.32 Å². The third kappa shape index (κ3) is 4.06. The van der Waals surface area contributed by atoms with E-state index in [9.17, 15) is 14.7 Å². The van der Waals surface area contributed by atoms with E-state index in [4.69, 9.17) is 0 Å². The van der Waals surface area contributed by atoms with E-state index in [-0.39, 0.29) is 17.5 Å². The van der Waals surface area contributed by atoms with Gasteiger partial charge in [0, 0.05) is 27.5 Å². The summed E-state index contributed by atoms with van der Waals surface area (Å²) in [6.07, 6.45) is 0.374. The lowest BCUT2D eigenvalue weighted by atomic mass is 10.1. The van der Waals surface area contributed by atoms with E-state index in [1.165, 1.54) is 0 Å². The summed E-state index contributed by atoms with van der Waals surface area (Å²) in [5.74, 6) is -0.812. The van der Waals surface area contributed by atoms with Crippen molar-refractivity contribution in [1.82, 2.24) is 4.98 Å². The fourth-order valence-corrected chi connectivity index (χ4v) is 2.84. The van der Waals surface area contributed by atoms with E-state index in [1.54, 1.807) is 31.2 Å². The topological polar surface area (TPSA) is 107 Å². The van der Waals surface area contributed by atoms with Crippen LogP contribution in [0.3, 0.4) is 0 Å². The minimum Gasteiger partial charge on any atom is -0.493 e. The maximum atomic E-state index is 12.3. The molecule has 3 aromatic rings. The van der Waals surface area contributed by atoms with E-state index in [2.05, 4.69) is 36.5 Å². The minimum absolute atomic E-state index is 0.106. The molecule has 0 spiro atoms. The maximum absolute atomic E-state index is 12.3. The van der Waals surface area contributed by atoms with Gasteiger partial charge in [-0.3, -0.25) is 9.59 Å². The number of carbonyl (C=O) groups is 2. The molecule has 3 N–H and O–H groups in total. The number of nitrogens with one attached hydrogen (secondary N) is 2. The molecule has 2 amide bonds. The molecule has 0 atom stereocenters. The second kappa shape index (κ2) is 7.71. The average Bonchev–Trinajstić information content (AvgIpc) is 2.94. The Balaban J connectivity index is 1.83. The first-order valence-electron chi connectivity index (χ1n) is 8.25. The van der Waals surface area contributed by atoms with E-state index in [1.807, 2.05) is 19.1 Å². The molecule has 2 aromatic carbocycles. The van der Waals surface area contributed by atoms with Crippen LogP contribution in [0, 0.1) is 6.92 Å². The van der Waals surface area contributed by atoms with E-state index in [0.717, 1.165) is 10.0 Å². The predicted molar refractivity (Wildman–Crippen MR) is 107 cm³/mol. The van der Waals surface area contributed by atoms with Gasteiger partial charge in [-0.1, -0.05) is 22.9 Å². The number of hydrogen-bond donors (Lipinski definition) is 3. The van der Waals surface area contributed by atoms with Crippen molar-refractivity contribution in [3.63, 3.8) is 0 Å². The van der Waals surface area contributed by atoms with Crippen molar-refractivity contribution < 1.29 is 14.7 Å². The van der Waals surface area contributed by atoms with Crippen molar-refractivity contribution in [2.24, 2.45) is 10.2 Å². The molecule has 0 aliphatic heterocycles. The highest BCUT2D eigenvalue weighted by atomic mass is 79.9. The van der Waals surface area contributed by atoms with E-state index >= 15 is 0 Å². The van der Waals surface area contributed by atoms with Crippen molar-refractivity contribution in [1.29, 1.82) is 0 Å².